The van der Waals surface area contributed by atoms with Crippen LogP contribution in [-0.4, -0.2) is 38.7 Å². The van der Waals surface area contributed by atoms with Crippen molar-refractivity contribution in [1.82, 2.24) is 10.6 Å². The van der Waals surface area contributed by atoms with Gasteiger partial charge >= 0.3 is 0 Å². The van der Waals surface area contributed by atoms with Crippen LogP contribution < -0.4 is 10.6 Å². The van der Waals surface area contributed by atoms with Crippen molar-refractivity contribution in [3.05, 3.63) is 34.3 Å². The molecule has 5 nitrogen and oxygen atoms in total. The van der Waals surface area contributed by atoms with E-state index in [9.17, 15) is 13.2 Å². The summed E-state index contributed by atoms with van der Waals surface area (Å²) in [5, 5.41) is 6.11. The Morgan fingerprint density at radius 1 is 1.45 bits per heavy atom. The average Bonchev–Trinajstić information content (AvgIpc) is 2.40. The minimum absolute atomic E-state index is 0.00215. The second-order valence-corrected chi connectivity index (χ2v) is 8.70. The molecule has 122 valence electrons. The van der Waals surface area contributed by atoms with E-state index >= 15 is 0 Å². The highest BCUT2D eigenvalue weighted by Crippen LogP contribution is 2.14. The van der Waals surface area contributed by atoms with Crippen molar-refractivity contribution in [2.24, 2.45) is 0 Å². The second kappa shape index (κ2) is 7.57. The summed E-state index contributed by atoms with van der Waals surface area (Å²) in [5.41, 5.74) is 0.676. The first-order chi connectivity index (χ1) is 10.4. The molecule has 0 aromatic heterocycles. The van der Waals surface area contributed by atoms with E-state index < -0.39 is 21.5 Å². The third-order valence-corrected chi connectivity index (χ3v) is 5.70. The summed E-state index contributed by atoms with van der Waals surface area (Å²) in [7, 11) is -3.47. The maximum absolute atomic E-state index is 12.2. The third kappa shape index (κ3) is 5.37. The number of amides is 1. The highest BCUT2D eigenvalue weighted by Gasteiger charge is 2.25. The van der Waals surface area contributed by atoms with Crippen LogP contribution in [0.25, 0.3) is 0 Å². The molecule has 0 aliphatic carbocycles. The molecule has 1 aliphatic rings. The lowest BCUT2D eigenvalue weighted by Crippen LogP contribution is -2.52. The SMILES string of the molecule is CC1NCCCC1NC(=O)CS(=O)(=O)Cc1cccc(Br)c1. The Kier molecular flexibility index (Phi) is 6.00. The van der Waals surface area contributed by atoms with Crippen LogP contribution in [0.4, 0.5) is 0 Å². The van der Waals surface area contributed by atoms with Crippen molar-refractivity contribution in [3.63, 3.8) is 0 Å². The Hall–Kier alpha value is -0.920. The van der Waals surface area contributed by atoms with E-state index in [1.54, 1.807) is 18.2 Å². The van der Waals surface area contributed by atoms with Crippen LogP contribution in [0, 0.1) is 0 Å². The van der Waals surface area contributed by atoms with Crippen LogP contribution in [0.2, 0.25) is 0 Å². The number of carbonyl (C=O) groups is 1. The zero-order valence-corrected chi connectivity index (χ0v) is 14.9. The maximum Gasteiger partial charge on any atom is 0.235 e. The first-order valence-electron chi connectivity index (χ1n) is 7.33. The van der Waals surface area contributed by atoms with Gasteiger partial charge in [-0.3, -0.25) is 4.79 Å². The largest absolute Gasteiger partial charge is 0.351 e. The van der Waals surface area contributed by atoms with Gasteiger partial charge in [0.25, 0.3) is 0 Å². The zero-order valence-electron chi connectivity index (χ0n) is 12.5. The number of piperidine rings is 1. The molecule has 2 unspecified atom stereocenters. The number of carbonyl (C=O) groups excluding carboxylic acids is 1. The number of hydrogen-bond acceptors (Lipinski definition) is 4. The fourth-order valence-electron chi connectivity index (χ4n) is 2.62. The summed E-state index contributed by atoms with van der Waals surface area (Å²) in [4.78, 5) is 12.0. The van der Waals surface area contributed by atoms with E-state index in [-0.39, 0.29) is 17.8 Å². The predicted molar refractivity (Wildman–Crippen MR) is 90.3 cm³/mol. The van der Waals surface area contributed by atoms with Crippen LogP contribution >= 0.6 is 15.9 Å². The molecule has 1 heterocycles. The average molecular weight is 389 g/mol. The van der Waals surface area contributed by atoms with E-state index in [0.717, 1.165) is 23.9 Å². The summed E-state index contributed by atoms with van der Waals surface area (Å²) in [6, 6.07) is 7.29. The number of halogens is 1. The van der Waals surface area contributed by atoms with E-state index in [1.807, 2.05) is 13.0 Å². The molecule has 0 bridgehead atoms. The molecule has 1 saturated heterocycles. The summed E-state index contributed by atoms with van der Waals surface area (Å²) < 4.78 is 25.1. The Morgan fingerprint density at radius 2 is 2.23 bits per heavy atom. The molecule has 1 aromatic carbocycles. The molecule has 22 heavy (non-hydrogen) atoms. The first-order valence-corrected chi connectivity index (χ1v) is 9.95. The molecule has 0 spiro atoms. The standard InChI is InChI=1S/C15H21BrN2O3S/c1-11-14(6-3-7-17-11)18-15(19)10-22(20,21)9-12-4-2-5-13(16)8-12/h2,4-5,8,11,14,17H,3,6-7,9-10H2,1H3,(H,18,19). The molecular weight excluding hydrogens is 368 g/mol. The number of nitrogens with one attached hydrogen (secondary N) is 2. The molecule has 7 heteroatoms. The third-order valence-electron chi connectivity index (χ3n) is 3.73. The van der Waals surface area contributed by atoms with Gasteiger partial charge in [0.1, 0.15) is 5.75 Å². The highest BCUT2D eigenvalue weighted by molar-refractivity contribution is 9.10. The minimum Gasteiger partial charge on any atom is -0.351 e. The van der Waals surface area contributed by atoms with E-state index in [0.29, 0.717) is 5.56 Å². The summed E-state index contributed by atoms with van der Waals surface area (Å²) >= 11 is 3.31. The lowest BCUT2D eigenvalue weighted by Gasteiger charge is -2.30. The zero-order chi connectivity index (χ0) is 16.2. The van der Waals surface area contributed by atoms with E-state index in [1.165, 1.54) is 0 Å². The lowest BCUT2D eigenvalue weighted by atomic mass is 10.00. The summed E-state index contributed by atoms with van der Waals surface area (Å²) in [5.74, 6) is -1.02. The monoisotopic (exact) mass is 388 g/mol. The van der Waals surface area contributed by atoms with Crippen molar-refractivity contribution in [2.45, 2.75) is 37.6 Å². The van der Waals surface area contributed by atoms with Crippen molar-refractivity contribution < 1.29 is 13.2 Å². The predicted octanol–water partition coefficient (Wildman–Crippen LogP) is 1.62. The van der Waals surface area contributed by atoms with Crippen LogP contribution in [-0.2, 0) is 20.4 Å². The molecule has 2 rings (SSSR count). The molecule has 0 saturated carbocycles. The van der Waals surface area contributed by atoms with Crippen molar-refractivity contribution in [3.8, 4) is 0 Å². The van der Waals surface area contributed by atoms with Crippen LogP contribution in [0.15, 0.2) is 28.7 Å². The first kappa shape index (κ1) is 17.4. The summed E-state index contributed by atoms with van der Waals surface area (Å²) in [6.45, 7) is 2.94. The maximum atomic E-state index is 12.2. The van der Waals surface area contributed by atoms with Gasteiger partial charge in [-0.1, -0.05) is 28.1 Å². The van der Waals surface area contributed by atoms with Crippen LogP contribution in [0.3, 0.4) is 0 Å². The van der Waals surface area contributed by atoms with Gasteiger partial charge < -0.3 is 10.6 Å². The molecule has 0 radical (unpaired) electrons. The smallest absolute Gasteiger partial charge is 0.235 e. The van der Waals surface area contributed by atoms with Gasteiger partial charge in [-0.15, -0.1) is 0 Å². The van der Waals surface area contributed by atoms with Crippen molar-refractivity contribution >= 4 is 31.7 Å². The number of benzene rings is 1. The second-order valence-electron chi connectivity index (χ2n) is 5.72. The van der Waals surface area contributed by atoms with Gasteiger partial charge in [0.05, 0.1) is 5.75 Å². The molecular formula is C15H21BrN2O3S. The summed E-state index contributed by atoms with van der Waals surface area (Å²) in [6.07, 6.45) is 1.87. The van der Waals surface area contributed by atoms with E-state index in [4.69, 9.17) is 0 Å². The topological polar surface area (TPSA) is 75.3 Å². The highest BCUT2D eigenvalue weighted by atomic mass is 79.9. The Morgan fingerprint density at radius 3 is 2.91 bits per heavy atom. The lowest BCUT2D eigenvalue weighted by molar-refractivity contribution is -0.119. The van der Waals surface area contributed by atoms with Gasteiger partial charge in [0, 0.05) is 16.6 Å². The fourth-order valence-corrected chi connectivity index (χ4v) is 4.34. The molecule has 1 aromatic rings. The molecule has 2 atom stereocenters. The van der Waals surface area contributed by atoms with Crippen molar-refractivity contribution in [1.29, 1.82) is 0 Å². The quantitative estimate of drug-likeness (QED) is 0.803. The number of hydrogen-bond donors (Lipinski definition) is 2. The van der Waals surface area contributed by atoms with Gasteiger partial charge in [-0.2, -0.15) is 0 Å². The van der Waals surface area contributed by atoms with Gasteiger partial charge in [-0.05, 0) is 44.0 Å². The Balaban J connectivity index is 1.92. The Bertz CT molecular complexity index is 633. The molecule has 1 amide bonds. The van der Waals surface area contributed by atoms with Crippen LogP contribution in [0.1, 0.15) is 25.3 Å². The van der Waals surface area contributed by atoms with Crippen LogP contribution in [0.5, 0.6) is 0 Å². The molecule has 1 aliphatic heterocycles. The van der Waals surface area contributed by atoms with E-state index in [2.05, 4.69) is 26.6 Å². The fraction of sp³-hybridized carbons (Fsp3) is 0.533. The van der Waals surface area contributed by atoms with Gasteiger partial charge in [-0.25, -0.2) is 8.42 Å². The molecule has 1 fully saturated rings. The normalized spacial score (nSPS) is 22.3. The van der Waals surface area contributed by atoms with Gasteiger partial charge in [0.2, 0.25) is 5.91 Å². The molecule has 2 N–H and O–H groups in total. The van der Waals surface area contributed by atoms with Crippen molar-refractivity contribution in [2.75, 3.05) is 12.3 Å². The number of rotatable bonds is 5. The van der Waals surface area contributed by atoms with Gasteiger partial charge in [0.15, 0.2) is 9.84 Å². The Labute approximate surface area is 139 Å². The minimum atomic E-state index is -3.47. The number of sulfone groups is 1.